The van der Waals surface area contributed by atoms with Gasteiger partial charge in [0.1, 0.15) is 11.9 Å². The van der Waals surface area contributed by atoms with E-state index in [4.69, 9.17) is 5.11 Å². The fourth-order valence-electron chi connectivity index (χ4n) is 2.18. The van der Waals surface area contributed by atoms with Crippen molar-refractivity contribution >= 4 is 5.97 Å². The minimum Gasteiger partial charge on any atom is -0.480 e. The maximum atomic E-state index is 13.0. The van der Waals surface area contributed by atoms with Gasteiger partial charge in [0.25, 0.3) is 0 Å². The number of nitrogens with zero attached hydrogens (tertiary/aromatic N) is 1. The first-order chi connectivity index (χ1) is 7.61. The van der Waals surface area contributed by atoms with Crippen LogP contribution < -0.4 is 0 Å². The zero-order chi connectivity index (χ0) is 11.7. The fourth-order valence-corrected chi connectivity index (χ4v) is 2.18. The number of rotatable bonds is 2. The van der Waals surface area contributed by atoms with Crippen molar-refractivity contribution in [2.45, 2.75) is 25.9 Å². The number of likely N-dealkylation sites (N-methyl/N-ethyl adjacent to an activating group) is 1. The van der Waals surface area contributed by atoms with Gasteiger partial charge in [-0.2, -0.15) is 0 Å². The van der Waals surface area contributed by atoms with Crippen LogP contribution in [0.3, 0.4) is 0 Å². The molecule has 1 aliphatic rings. The second kappa shape index (κ2) is 4.22. The van der Waals surface area contributed by atoms with Gasteiger partial charge in [-0.1, -0.05) is 13.0 Å². The molecule has 0 saturated carbocycles. The summed E-state index contributed by atoms with van der Waals surface area (Å²) in [6.45, 7) is 3.09. The van der Waals surface area contributed by atoms with Gasteiger partial charge in [0.2, 0.25) is 0 Å². The molecule has 3 nitrogen and oxygen atoms in total. The van der Waals surface area contributed by atoms with Crippen molar-refractivity contribution in [3.8, 4) is 0 Å². The molecule has 2 rings (SSSR count). The summed E-state index contributed by atoms with van der Waals surface area (Å²) >= 11 is 0. The van der Waals surface area contributed by atoms with Crippen molar-refractivity contribution in [3.63, 3.8) is 0 Å². The first kappa shape index (κ1) is 11.1. The van der Waals surface area contributed by atoms with Crippen molar-refractivity contribution in [1.82, 2.24) is 4.90 Å². The molecule has 86 valence electrons. The zero-order valence-corrected chi connectivity index (χ0v) is 9.11. The quantitative estimate of drug-likeness (QED) is 0.828. The highest BCUT2D eigenvalue weighted by Gasteiger charge is 2.30. The third kappa shape index (κ3) is 1.93. The molecule has 1 N–H and O–H groups in total. The zero-order valence-electron chi connectivity index (χ0n) is 9.11. The lowest BCUT2D eigenvalue weighted by molar-refractivity contribution is -0.143. The second-order valence-corrected chi connectivity index (χ2v) is 4.03. The van der Waals surface area contributed by atoms with Crippen molar-refractivity contribution in [2.75, 3.05) is 6.54 Å². The van der Waals surface area contributed by atoms with E-state index in [1.54, 1.807) is 6.07 Å². The summed E-state index contributed by atoms with van der Waals surface area (Å²) in [4.78, 5) is 12.9. The number of halogens is 1. The topological polar surface area (TPSA) is 40.5 Å². The summed E-state index contributed by atoms with van der Waals surface area (Å²) in [5, 5.41) is 9.10. The highest BCUT2D eigenvalue weighted by Crippen LogP contribution is 2.24. The molecular weight excluding hydrogens is 209 g/mol. The highest BCUT2D eigenvalue weighted by molar-refractivity contribution is 5.74. The Morgan fingerprint density at radius 1 is 1.56 bits per heavy atom. The van der Waals surface area contributed by atoms with E-state index < -0.39 is 12.0 Å². The monoisotopic (exact) mass is 223 g/mol. The average Bonchev–Trinajstić information content (AvgIpc) is 2.26. The van der Waals surface area contributed by atoms with Gasteiger partial charge in [-0.05, 0) is 36.2 Å². The van der Waals surface area contributed by atoms with Crippen LogP contribution in [0.15, 0.2) is 18.2 Å². The lowest BCUT2D eigenvalue weighted by atomic mass is 9.94. The lowest BCUT2D eigenvalue weighted by Crippen LogP contribution is -2.45. The fraction of sp³-hybridized carbons (Fsp3) is 0.417. The van der Waals surface area contributed by atoms with E-state index in [0.29, 0.717) is 19.5 Å². The Morgan fingerprint density at radius 3 is 2.94 bits per heavy atom. The Balaban J connectivity index is 2.33. The maximum absolute atomic E-state index is 13.0. The van der Waals surface area contributed by atoms with Gasteiger partial charge in [-0.3, -0.25) is 9.69 Å². The molecule has 0 bridgehead atoms. The van der Waals surface area contributed by atoms with E-state index in [1.807, 2.05) is 11.8 Å². The summed E-state index contributed by atoms with van der Waals surface area (Å²) in [6.07, 6.45) is 0.457. The van der Waals surface area contributed by atoms with Gasteiger partial charge in [0.05, 0.1) is 0 Å². The maximum Gasteiger partial charge on any atom is 0.321 e. The third-order valence-corrected chi connectivity index (χ3v) is 3.09. The number of hydrogen-bond acceptors (Lipinski definition) is 2. The van der Waals surface area contributed by atoms with Crippen molar-refractivity contribution in [2.24, 2.45) is 0 Å². The standard InChI is InChI=1S/C12H14FNO2/c1-2-14-7-9-5-10(13)4-3-8(9)6-11(14)12(15)16/h3-5,11H,2,6-7H2,1H3,(H,15,16). The first-order valence-electron chi connectivity index (χ1n) is 5.36. The third-order valence-electron chi connectivity index (χ3n) is 3.09. The number of aliphatic carboxylic acids is 1. The Bertz CT molecular complexity index is 419. The van der Waals surface area contributed by atoms with Crippen LogP contribution in [-0.4, -0.2) is 28.6 Å². The minimum atomic E-state index is -0.808. The van der Waals surface area contributed by atoms with Gasteiger partial charge in [-0.25, -0.2) is 4.39 Å². The number of carboxylic acids is 1. The van der Waals surface area contributed by atoms with E-state index in [9.17, 15) is 9.18 Å². The number of carboxylic acid groups (broad SMARTS) is 1. The van der Waals surface area contributed by atoms with Crippen LogP contribution in [0.2, 0.25) is 0 Å². The largest absolute Gasteiger partial charge is 0.480 e. The molecule has 0 radical (unpaired) electrons. The van der Waals surface area contributed by atoms with E-state index in [0.717, 1.165) is 11.1 Å². The van der Waals surface area contributed by atoms with Crippen LogP contribution in [0.1, 0.15) is 18.1 Å². The second-order valence-electron chi connectivity index (χ2n) is 4.03. The van der Waals surface area contributed by atoms with Crippen LogP contribution >= 0.6 is 0 Å². The molecule has 0 aromatic heterocycles. The molecule has 1 heterocycles. The van der Waals surface area contributed by atoms with Gasteiger partial charge in [-0.15, -0.1) is 0 Å². The van der Waals surface area contributed by atoms with Crippen LogP contribution in [0.5, 0.6) is 0 Å². The Labute approximate surface area is 93.5 Å². The molecule has 1 atom stereocenters. The Hall–Kier alpha value is -1.42. The minimum absolute atomic E-state index is 0.261. The van der Waals surface area contributed by atoms with Crippen LogP contribution in [0, 0.1) is 5.82 Å². The molecule has 1 aliphatic heterocycles. The Kier molecular flexibility index (Phi) is 2.92. The predicted octanol–water partition coefficient (Wildman–Crippen LogP) is 1.66. The summed E-state index contributed by atoms with van der Waals surface area (Å²) in [6, 6.07) is 4.09. The molecule has 16 heavy (non-hydrogen) atoms. The molecule has 0 amide bonds. The Morgan fingerprint density at radius 2 is 2.31 bits per heavy atom. The summed E-state index contributed by atoms with van der Waals surface area (Å²) in [7, 11) is 0. The molecule has 1 unspecified atom stereocenters. The van der Waals surface area contributed by atoms with Gasteiger partial charge < -0.3 is 5.11 Å². The summed E-state index contributed by atoms with van der Waals surface area (Å²) in [5.41, 5.74) is 1.85. The first-order valence-corrected chi connectivity index (χ1v) is 5.36. The van der Waals surface area contributed by atoms with Crippen molar-refractivity contribution < 1.29 is 14.3 Å². The summed E-state index contributed by atoms with van der Waals surface area (Å²) < 4.78 is 13.0. The number of hydrogen-bond donors (Lipinski definition) is 1. The lowest BCUT2D eigenvalue weighted by Gasteiger charge is -2.33. The van der Waals surface area contributed by atoms with Gasteiger partial charge >= 0.3 is 5.97 Å². The van der Waals surface area contributed by atoms with Gasteiger partial charge in [0, 0.05) is 6.54 Å². The van der Waals surface area contributed by atoms with Crippen LogP contribution in [-0.2, 0) is 17.8 Å². The molecule has 1 aromatic carbocycles. The SMILES string of the molecule is CCN1Cc2cc(F)ccc2CC1C(=O)O. The number of carbonyl (C=O) groups is 1. The molecular formula is C12H14FNO2. The summed E-state index contributed by atoms with van der Waals surface area (Å²) in [5.74, 6) is -1.07. The van der Waals surface area contributed by atoms with Crippen molar-refractivity contribution in [1.29, 1.82) is 0 Å². The molecule has 4 heteroatoms. The van der Waals surface area contributed by atoms with E-state index in [2.05, 4.69) is 0 Å². The normalized spacial score (nSPS) is 20.5. The number of fused-ring (bicyclic) bond motifs is 1. The van der Waals surface area contributed by atoms with Gasteiger partial charge in [0.15, 0.2) is 0 Å². The smallest absolute Gasteiger partial charge is 0.321 e. The predicted molar refractivity (Wildman–Crippen MR) is 57.6 cm³/mol. The molecule has 0 aliphatic carbocycles. The van der Waals surface area contributed by atoms with E-state index in [-0.39, 0.29) is 5.82 Å². The van der Waals surface area contributed by atoms with Crippen molar-refractivity contribution in [3.05, 3.63) is 35.1 Å². The molecule has 0 spiro atoms. The highest BCUT2D eigenvalue weighted by atomic mass is 19.1. The molecule has 0 fully saturated rings. The van der Waals surface area contributed by atoms with Crippen LogP contribution in [0.4, 0.5) is 4.39 Å². The van der Waals surface area contributed by atoms with E-state index >= 15 is 0 Å². The molecule has 1 aromatic rings. The number of benzene rings is 1. The molecule has 0 saturated heterocycles. The van der Waals surface area contributed by atoms with Crippen LogP contribution in [0.25, 0.3) is 0 Å². The van der Waals surface area contributed by atoms with E-state index in [1.165, 1.54) is 12.1 Å². The average molecular weight is 223 g/mol.